The molecule has 0 aliphatic carbocycles. The lowest BCUT2D eigenvalue weighted by Gasteiger charge is -2.19. The number of para-hydroxylation sites is 1. The molecule has 6 heteroatoms. The molecule has 2 rings (SSSR count). The molecule has 0 aliphatic rings. The van der Waals surface area contributed by atoms with Crippen molar-refractivity contribution >= 4 is 11.8 Å². The van der Waals surface area contributed by atoms with Crippen LogP contribution in [0.1, 0.15) is 18.5 Å². The minimum Gasteiger partial charge on any atom is -0.494 e. The molecule has 0 spiro atoms. The van der Waals surface area contributed by atoms with Crippen molar-refractivity contribution in [3.8, 4) is 5.75 Å². The Morgan fingerprint density at radius 2 is 2.20 bits per heavy atom. The molecule has 20 heavy (non-hydrogen) atoms. The second kappa shape index (κ2) is 7.31. The Morgan fingerprint density at radius 3 is 2.85 bits per heavy atom. The first-order valence-electron chi connectivity index (χ1n) is 6.62. The number of ether oxygens (including phenoxy) is 1. The van der Waals surface area contributed by atoms with E-state index in [0.717, 1.165) is 16.7 Å². The number of thioether (sulfide) groups is 1. The maximum Gasteiger partial charge on any atom is 0.190 e. The summed E-state index contributed by atoms with van der Waals surface area (Å²) in [6, 6.07) is 8.35. The van der Waals surface area contributed by atoms with Crippen molar-refractivity contribution in [1.82, 2.24) is 20.1 Å². The summed E-state index contributed by atoms with van der Waals surface area (Å²) < 4.78 is 7.62. The van der Waals surface area contributed by atoms with Crippen molar-refractivity contribution in [2.75, 3.05) is 19.4 Å². The number of nitrogens with zero attached hydrogens (tertiary/aromatic N) is 3. The van der Waals surface area contributed by atoms with Crippen molar-refractivity contribution in [2.45, 2.75) is 18.1 Å². The van der Waals surface area contributed by atoms with E-state index < -0.39 is 0 Å². The van der Waals surface area contributed by atoms with Crippen molar-refractivity contribution in [2.24, 2.45) is 7.05 Å². The van der Waals surface area contributed by atoms with Gasteiger partial charge in [-0.3, -0.25) is 0 Å². The average Bonchev–Trinajstić information content (AvgIpc) is 2.87. The molecule has 5 nitrogen and oxygen atoms in total. The minimum absolute atomic E-state index is 0.208. The number of nitrogens with one attached hydrogen (secondary N) is 1. The zero-order valence-electron chi connectivity index (χ0n) is 12.0. The lowest BCUT2D eigenvalue weighted by molar-refractivity contribution is 0.333. The number of hydrogen-bond donors (Lipinski definition) is 1. The molecule has 0 fully saturated rings. The summed E-state index contributed by atoms with van der Waals surface area (Å²) >= 11 is 1.68. The molecule has 1 atom stereocenters. The monoisotopic (exact) mass is 292 g/mol. The molecule has 1 N–H and O–H groups in total. The SMILES string of the molecule is CCOc1ccccc1C(CSc1nncn1C)NC. The Morgan fingerprint density at radius 1 is 1.40 bits per heavy atom. The predicted octanol–water partition coefficient (Wildman–Crippen LogP) is 2.27. The summed E-state index contributed by atoms with van der Waals surface area (Å²) in [6.45, 7) is 2.67. The van der Waals surface area contributed by atoms with Gasteiger partial charge in [0.25, 0.3) is 0 Å². The molecule has 0 aliphatic heterocycles. The Labute approximate surface area is 123 Å². The van der Waals surface area contributed by atoms with Crippen LogP contribution in [0.3, 0.4) is 0 Å². The number of aromatic nitrogens is 3. The Hall–Kier alpha value is -1.53. The molecular weight excluding hydrogens is 272 g/mol. The molecule has 0 saturated carbocycles. The molecule has 0 radical (unpaired) electrons. The highest BCUT2D eigenvalue weighted by molar-refractivity contribution is 7.99. The van der Waals surface area contributed by atoms with Gasteiger partial charge >= 0.3 is 0 Å². The summed E-state index contributed by atoms with van der Waals surface area (Å²) in [4.78, 5) is 0. The van der Waals surface area contributed by atoms with Crippen molar-refractivity contribution in [1.29, 1.82) is 0 Å². The van der Waals surface area contributed by atoms with Gasteiger partial charge in [-0.05, 0) is 20.0 Å². The van der Waals surface area contributed by atoms with Crippen LogP contribution in [0.2, 0.25) is 0 Å². The number of rotatable bonds is 7. The van der Waals surface area contributed by atoms with E-state index in [1.807, 2.05) is 43.8 Å². The second-order valence-electron chi connectivity index (χ2n) is 4.35. The maximum absolute atomic E-state index is 5.70. The normalized spacial score (nSPS) is 12.3. The summed E-state index contributed by atoms with van der Waals surface area (Å²) in [5.41, 5.74) is 1.17. The molecule has 1 aromatic heterocycles. The van der Waals surface area contributed by atoms with E-state index in [-0.39, 0.29) is 6.04 Å². The molecule has 1 heterocycles. The van der Waals surface area contributed by atoms with Crippen LogP contribution < -0.4 is 10.1 Å². The number of benzene rings is 1. The van der Waals surface area contributed by atoms with Crippen LogP contribution in [0.5, 0.6) is 5.75 Å². The van der Waals surface area contributed by atoms with Gasteiger partial charge in [0.15, 0.2) is 5.16 Å². The van der Waals surface area contributed by atoms with Crippen LogP contribution in [-0.2, 0) is 7.05 Å². The predicted molar refractivity (Wildman–Crippen MR) is 81.1 cm³/mol. The zero-order chi connectivity index (χ0) is 14.4. The standard InChI is InChI=1S/C14H20N4OS/c1-4-19-13-8-6-5-7-11(13)12(15-2)9-20-14-17-16-10-18(14)3/h5-8,10,12,15H,4,9H2,1-3H3. The van der Waals surface area contributed by atoms with E-state index in [1.165, 1.54) is 5.56 Å². The zero-order valence-corrected chi connectivity index (χ0v) is 12.9. The molecule has 2 aromatic rings. The lowest BCUT2D eigenvalue weighted by atomic mass is 10.1. The molecule has 1 aromatic carbocycles. The Bertz CT molecular complexity index is 543. The first-order chi connectivity index (χ1) is 9.76. The highest BCUT2D eigenvalue weighted by Crippen LogP contribution is 2.29. The maximum atomic E-state index is 5.70. The van der Waals surface area contributed by atoms with Gasteiger partial charge in [0.05, 0.1) is 6.61 Å². The molecule has 0 saturated heterocycles. The molecule has 108 valence electrons. The van der Waals surface area contributed by atoms with Gasteiger partial charge in [0, 0.05) is 24.4 Å². The smallest absolute Gasteiger partial charge is 0.190 e. The highest BCUT2D eigenvalue weighted by Gasteiger charge is 2.15. The first-order valence-corrected chi connectivity index (χ1v) is 7.60. The van der Waals surface area contributed by atoms with Crippen LogP contribution in [0.25, 0.3) is 0 Å². The van der Waals surface area contributed by atoms with Gasteiger partial charge in [-0.25, -0.2) is 0 Å². The fourth-order valence-corrected chi connectivity index (χ4v) is 2.96. The summed E-state index contributed by atoms with van der Waals surface area (Å²) in [5, 5.41) is 12.2. The van der Waals surface area contributed by atoms with Gasteiger partial charge < -0.3 is 14.6 Å². The largest absolute Gasteiger partial charge is 0.494 e. The van der Waals surface area contributed by atoms with Gasteiger partial charge in [0.2, 0.25) is 0 Å². The third kappa shape index (κ3) is 3.52. The van der Waals surface area contributed by atoms with Gasteiger partial charge in [-0.1, -0.05) is 30.0 Å². The topological polar surface area (TPSA) is 52.0 Å². The third-order valence-electron chi connectivity index (χ3n) is 2.99. The van der Waals surface area contributed by atoms with E-state index >= 15 is 0 Å². The fourth-order valence-electron chi connectivity index (χ4n) is 1.95. The Balaban J connectivity index is 2.10. The second-order valence-corrected chi connectivity index (χ2v) is 5.33. The lowest BCUT2D eigenvalue weighted by Crippen LogP contribution is -2.20. The van der Waals surface area contributed by atoms with E-state index in [9.17, 15) is 0 Å². The quantitative estimate of drug-likeness (QED) is 0.793. The van der Waals surface area contributed by atoms with Gasteiger partial charge in [0.1, 0.15) is 12.1 Å². The molecule has 0 amide bonds. The number of hydrogen-bond acceptors (Lipinski definition) is 5. The summed E-state index contributed by atoms with van der Waals surface area (Å²) in [5.74, 6) is 1.81. The van der Waals surface area contributed by atoms with Gasteiger partial charge in [-0.2, -0.15) is 0 Å². The van der Waals surface area contributed by atoms with Crippen LogP contribution in [-0.4, -0.2) is 34.2 Å². The Kier molecular flexibility index (Phi) is 5.43. The molecular formula is C14H20N4OS. The van der Waals surface area contributed by atoms with E-state index in [2.05, 4.69) is 21.6 Å². The first kappa shape index (κ1) is 14.9. The van der Waals surface area contributed by atoms with Crippen LogP contribution >= 0.6 is 11.8 Å². The van der Waals surface area contributed by atoms with Gasteiger partial charge in [-0.15, -0.1) is 10.2 Å². The summed E-state index contributed by atoms with van der Waals surface area (Å²) in [7, 11) is 3.91. The van der Waals surface area contributed by atoms with E-state index in [1.54, 1.807) is 18.1 Å². The van der Waals surface area contributed by atoms with Crippen LogP contribution in [0.4, 0.5) is 0 Å². The third-order valence-corrected chi connectivity index (χ3v) is 4.12. The van der Waals surface area contributed by atoms with Crippen molar-refractivity contribution in [3.63, 3.8) is 0 Å². The van der Waals surface area contributed by atoms with E-state index in [0.29, 0.717) is 6.61 Å². The fraction of sp³-hybridized carbons (Fsp3) is 0.429. The number of aryl methyl sites for hydroxylation is 1. The summed E-state index contributed by atoms with van der Waals surface area (Å²) in [6.07, 6.45) is 1.71. The van der Waals surface area contributed by atoms with Crippen LogP contribution in [0, 0.1) is 0 Å². The molecule has 0 bridgehead atoms. The van der Waals surface area contributed by atoms with E-state index in [4.69, 9.17) is 4.74 Å². The minimum atomic E-state index is 0.208. The van der Waals surface area contributed by atoms with Crippen LogP contribution in [0.15, 0.2) is 35.7 Å². The molecule has 1 unspecified atom stereocenters. The van der Waals surface area contributed by atoms with Crippen molar-refractivity contribution in [3.05, 3.63) is 36.2 Å². The average molecular weight is 292 g/mol. The highest BCUT2D eigenvalue weighted by atomic mass is 32.2. The van der Waals surface area contributed by atoms with Crippen molar-refractivity contribution < 1.29 is 4.74 Å².